The van der Waals surface area contributed by atoms with Gasteiger partial charge in [-0.15, -0.1) is 0 Å². The van der Waals surface area contributed by atoms with Crippen LogP contribution in [0, 0.1) is 6.92 Å². The van der Waals surface area contributed by atoms with Gasteiger partial charge in [0.1, 0.15) is 0 Å². The number of rotatable bonds is 1. The first-order chi connectivity index (χ1) is 14.2. The van der Waals surface area contributed by atoms with Crippen LogP contribution in [-0.2, 0) is 0 Å². The van der Waals surface area contributed by atoms with Crippen molar-refractivity contribution in [1.29, 1.82) is 0 Å². The van der Waals surface area contributed by atoms with E-state index in [-0.39, 0.29) is 0 Å². The Morgan fingerprint density at radius 2 is 1.17 bits per heavy atom. The molecule has 1 nitrogen and oxygen atoms in total. The molecule has 0 atom stereocenters. The van der Waals surface area contributed by atoms with Crippen molar-refractivity contribution in [2.24, 2.45) is 0 Å². The molecule has 0 amide bonds. The number of fused-ring (bicyclic) bond motifs is 7. The minimum absolute atomic E-state index is 0.791. The maximum absolute atomic E-state index is 6.51. The Kier molecular flexibility index (Phi) is 3.50. The first-order valence-electron chi connectivity index (χ1n) is 9.82. The van der Waals surface area contributed by atoms with Gasteiger partial charge < -0.3 is 4.57 Å². The highest BCUT2D eigenvalue weighted by atomic mass is 35.5. The SMILES string of the molecule is Cc1ccc(-n2c3ccc4ccccc4c3c3c4ccccc4ccc32)cc1Cl. The summed E-state index contributed by atoms with van der Waals surface area (Å²) in [5, 5.41) is 8.46. The molecule has 6 rings (SSSR count). The van der Waals surface area contributed by atoms with Gasteiger partial charge in [-0.25, -0.2) is 0 Å². The third-order valence-electron chi connectivity index (χ3n) is 5.96. The fourth-order valence-electron chi connectivity index (χ4n) is 4.55. The molecule has 2 heteroatoms. The molecule has 0 aliphatic carbocycles. The Labute approximate surface area is 173 Å². The summed E-state index contributed by atoms with van der Waals surface area (Å²) in [7, 11) is 0. The van der Waals surface area contributed by atoms with E-state index in [2.05, 4.69) is 95.6 Å². The molecule has 29 heavy (non-hydrogen) atoms. The van der Waals surface area contributed by atoms with Crippen molar-refractivity contribution in [2.75, 3.05) is 0 Å². The summed E-state index contributed by atoms with van der Waals surface area (Å²) in [6.07, 6.45) is 0. The Morgan fingerprint density at radius 1 is 0.621 bits per heavy atom. The number of aryl methyl sites for hydroxylation is 1. The first-order valence-corrected chi connectivity index (χ1v) is 10.2. The molecule has 1 aromatic heterocycles. The number of hydrogen-bond acceptors (Lipinski definition) is 0. The van der Waals surface area contributed by atoms with Gasteiger partial charge in [0.15, 0.2) is 0 Å². The monoisotopic (exact) mass is 391 g/mol. The minimum Gasteiger partial charge on any atom is -0.309 e. The highest BCUT2D eigenvalue weighted by Gasteiger charge is 2.17. The fraction of sp³-hybridized carbons (Fsp3) is 0.0370. The molecule has 0 unspecified atom stereocenters. The molecule has 0 aliphatic heterocycles. The van der Waals surface area contributed by atoms with Crippen molar-refractivity contribution in [3.63, 3.8) is 0 Å². The summed E-state index contributed by atoms with van der Waals surface area (Å²) in [6, 6.07) is 32.5. The summed E-state index contributed by atoms with van der Waals surface area (Å²) in [6.45, 7) is 2.04. The smallest absolute Gasteiger partial charge is 0.0547 e. The second kappa shape index (κ2) is 6.10. The van der Waals surface area contributed by atoms with Crippen molar-refractivity contribution < 1.29 is 0 Å². The van der Waals surface area contributed by atoms with Crippen LogP contribution in [0.15, 0.2) is 91.0 Å². The number of nitrogens with zero attached hydrogens (tertiary/aromatic N) is 1. The van der Waals surface area contributed by atoms with Crippen molar-refractivity contribution in [3.8, 4) is 5.69 Å². The summed E-state index contributed by atoms with van der Waals surface area (Å²) in [4.78, 5) is 0. The van der Waals surface area contributed by atoms with Gasteiger partial charge in [0, 0.05) is 21.5 Å². The predicted molar refractivity (Wildman–Crippen MR) is 126 cm³/mol. The third kappa shape index (κ3) is 2.35. The number of halogens is 1. The van der Waals surface area contributed by atoms with Crippen LogP contribution in [0.25, 0.3) is 49.0 Å². The maximum atomic E-state index is 6.51. The van der Waals surface area contributed by atoms with E-state index in [0.29, 0.717) is 0 Å². The van der Waals surface area contributed by atoms with Gasteiger partial charge in [-0.1, -0.05) is 78.3 Å². The lowest BCUT2D eigenvalue weighted by molar-refractivity contribution is 1.18. The van der Waals surface area contributed by atoms with Gasteiger partial charge >= 0.3 is 0 Å². The van der Waals surface area contributed by atoms with E-state index in [1.165, 1.54) is 43.4 Å². The van der Waals surface area contributed by atoms with E-state index < -0.39 is 0 Å². The lowest BCUT2D eigenvalue weighted by Crippen LogP contribution is -1.94. The highest BCUT2D eigenvalue weighted by Crippen LogP contribution is 2.40. The molecule has 1 heterocycles. The van der Waals surface area contributed by atoms with Crippen LogP contribution in [0.1, 0.15) is 5.56 Å². The molecule has 0 saturated carbocycles. The highest BCUT2D eigenvalue weighted by molar-refractivity contribution is 6.32. The van der Waals surface area contributed by atoms with Crippen LogP contribution < -0.4 is 0 Å². The Bertz CT molecular complexity index is 1480. The summed E-state index contributed by atoms with van der Waals surface area (Å²) >= 11 is 6.51. The zero-order valence-electron chi connectivity index (χ0n) is 16.0. The molecular weight excluding hydrogens is 374 g/mol. The Morgan fingerprint density at radius 3 is 1.72 bits per heavy atom. The van der Waals surface area contributed by atoms with Gasteiger partial charge in [-0.3, -0.25) is 0 Å². The van der Waals surface area contributed by atoms with E-state index in [9.17, 15) is 0 Å². The minimum atomic E-state index is 0.791. The number of hydrogen-bond donors (Lipinski definition) is 0. The fourth-order valence-corrected chi connectivity index (χ4v) is 4.72. The van der Waals surface area contributed by atoms with Crippen LogP contribution in [-0.4, -0.2) is 4.57 Å². The van der Waals surface area contributed by atoms with Gasteiger partial charge in [-0.05, 0) is 58.3 Å². The van der Waals surface area contributed by atoms with Gasteiger partial charge in [0.05, 0.1) is 11.0 Å². The Hall–Kier alpha value is -3.29. The van der Waals surface area contributed by atoms with Crippen LogP contribution in [0.5, 0.6) is 0 Å². The first kappa shape index (κ1) is 16.6. The second-order valence-electron chi connectivity index (χ2n) is 7.63. The van der Waals surface area contributed by atoms with Crippen LogP contribution in [0.2, 0.25) is 5.02 Å². The second-order valence-corrected chi connectivity index (χ2v) is 8.04. The van der Waals surface area contributed by atoms with E-state index in [1.807, 2.05) is 6.92 Å². The molecule has 0 N–H and O–H groups in total. The summed E-state index contributed by atoms with van der Waals surface area (Å²) in [5.74, 6) is 0. The third-order valence-corrected chi connectivity index (χ3v) is 6.37. The lowest BCUT2D eigenvalue weighted by Gasteiger charge is -2.10. The topological polar surface area (TPSA) is 4.93 Å². The van der Waals surface area contributed by atoms with E-state index in [1.54, 1.807) is 0 Å². The molecule has 5 aromatic carbocycles. The van der Waals surface area contributed by atoms with E-state index in [4.69, 9.17) is 11.6 Å². The van der Waals surface area contributed by atoms with E-state index >= 15 is 0 Å². The lowest BCUT2D eigenvalue weighted by atomic mass is 10.00. The van der Waals surface area contributed by atoms with Crippen LogP contribution in [0.3, 0.4) is 0 Å². The molecule has 0 fully saturated rings. The zero-order valence-corrected chi connectivity index (χ0v) is 16.7. The van der Waals surface area contributed by atoms with E-state index in [0.717, 1.165) is 16.3 Å². The van der Waals surface area contributed by atoms with Crippen LogP contribution >= 0.6 is 11.6 Å². The summed E-state index contributed by atoms with van der Waals surface area (Å²) < 4.78 is 2.34. The van der Waals surface area contributed by atoms with Gasteiger partial charge in [-0.2, -0.15) is 0 Å². The number of benzene rings is 5. The molecular formula is C27H18ClN. The largest absolute Gasteiger partial charge is 0.309 e. The average molecular weight is 392 g/mol. The van der Waals surface area contributed by atoms with Crippen molar-refractivity contribution in [3.05, 3.63) is 102 Å². The standard InChI is InChI=1S/C27H18ClN/c1-17-10-13-20(16-23(17)28)29-24-14-11-18-6-2-4-8-21(18)26(24)27-22-9-5-3-7-19(22)12-15-25(27)29/h2-16H,1H3. The summed E-state index contributed by atoms with van der Waals surface area (Å²) in [5.41, 5.74) is 4.59. The molecule has 0 saturated heterocycles. The molecule has 6 aromatic rings. The quantitative estimate of drug-likeness (QED) is 0.267. The normalized spacial score (nSPS) is 11.8. The number of aromatic nitrogens is 1. The molecule has 138 valence electrons. The Balaban J connectivity index is 1.91. The van der Waals surface area contributed by atoms with Crippen LogP contribution in [0.4, 0.5) is 0 Å². The zero-order chi connectivity index (χ0) is 19.5. The predicted octanol–water partition coefficient (Wildman–Crippen LogP) is 8.05. The van der Waals surface area contributed by atoms with Gasteiger partial charge in [0.25, 0.3) is 0 Å². The maximum Gasteiger partial charge on any atom is 0.0547 e. The van der Waals surface area contributed by atoms with Crippen molar-refractivity contribution in [1.82, 2.24) is 4.57 Å². The molecule has 0 radical (unpaired) electrons. The van der Waals surface area contributed by atoms with Gasteiger partial charge in [0.2, 0.25) is 0 Å². The van der Waals surface area contributed by atoms with Crippen molar-refractivity contribution >= 4 is 55.0 Å². The molecule has 0 spiro atoms. The molecule has 0 aliphatic rings. The average Bonchev–Trinajstić information content (AvgIpc) is 3.11. The molecule has 0 bridgehead atoms. The van der Waals surface area contributed by atoms with Crippen molar-refractivity contribution in [2.45, 2.75) is 6.92 Å².